The number of Topliss-reactive ketones (excluding diaryl/α,β-unsaturated/α-hetero) is 2. The molecule has 0 radical (unpaired) electrons. The second kappa shape index (κ2) is 11.9. The van der Waals surface area contributed by atoms with Crippen molar-refractivity contribution in [1.82, 2.24) is 9.80 Å². The number of aromatic hydroxyl groups is 1. The topological polar surface area (TPSA) is 197 Å². The Labute approximate surface area is 274 Å². The Morgan fingerprint density at radius 3 is 2.23 bits per heavy atom. The number of hydrogen-bond donors (Lipinski definition) is 6. The second-order valence-corrected chi connectivity index (χ2v) is 15.1. The number of ketones is 2. The average molecular weight is 654 g/mol. The molecule has 1 heterocycles. The maximum absolute atomic E-state index is 14.2. The molecule has 1 aromatic rings. The summed E-state index contributed by atoms with van der Waals surface area (Å²) in [7, 11) is 6.67. The maximum atomic E-state index is 14.2. The first-order chi connectivity index (χ1) is 21.8. The van der Waals surface area contributed by atoms with Crippen LogP contribution in [0.3, 0.4) is 0 Å². The van der Waals surface area contributed by atoms with Gasteiger partial charge in [-0.25, -0.2) is 0 Å². The molecule has 3 aliphatic carbocycles. The summed E-state index contributed by atoms with van der Waals surface area (Å²) in [5.74, 6) is -7.75. The van der Waals surface area contributed by atoms with E-state index in [1.54, 1.807) is 39.2 Å². The molecule has 1 saturated heterocycles. The predicted octanol–water partition coefficient (Wildman–Crippen LogP) is 1.73. The highest BCUT2D eigenvalue weighted by molar-refractivity contribution is 6.24. The molecule has 0 bridgehead atoms. The minimum Gasteiger partial charge on any atom is -0.508 e. The van der Waals surface area contributed by atoms with Gasteiger partial charge in [-0.1, -0.05) is 20.8 Å². The molecular weight excluding hydrogens is 606 g/mol. The van der Waals surface area contributed by atoms with Gasteiger partial charge in [0.2, 0.25) is 11.7 Å². The van der Waals surface area contributed by atoms with Crippen molar-refractivity contribution < 1.29 is 39.6 Å². The number of carbonyl (C=O) groups excluding carboxylic acids is 4. The number of rotatable bonds is 6. The number of piperidine rings is 1. The molecule has 1 aromatic carbocycles. The van der Waals surface area contributed by atoms with E-state index in [4.69, 9.17) is 5.73 Å². The van der Waals surface area contributed by atoms with E-state index < -0.39 is 63.8 Å². The lowest BCUT2D eigenvalue weighted by Gasteiger charge is -2.50. The van der Waals surface area contributed by atoms with E-state index in [2.05, 4.69) is 31.0 Å². The molecule has 256 valence electrons. The number of likely N-dealkylation sites (tertiary alicyclic amines) is 1. The number of aliphatic hydroxyl groups excluding tert-OH is 2. The number of carbonyl (C=O) groups is 4. The van der Waals surface area contributed by atoms with Crippen molar-refractivity contribution in [2.24, 2.45) is 28.9 Å². The molecular formula is C34H47N5O8. The quantitative estimate of drug-likeness (QED) is 0.193. The first-order valence-corrected chi connectivity index (χ1v) is 16.0. The van der Waals surface area contributed by atoms with Crippen LogP contribution >= 0.6 is 0 Å². The number of likely N-dealkylation sites (N-methyl/N-ethyl adjacent to an activating group) is 1. The van der Waals surface area contributed by atoms with Gasteiger partial charge in [-0.2, -0.15) is 0 Å². The molecule has 2 amide bonds. The van der Waals surface area contributed by atoms with Gasteiger partial charge in [0.15, 0.2) is 11.4 Å². The predicted molar refractivity (Wildman–Crippen MR) is 176 cm³/mol. The number of amides is 2. The Morgan fingerprint density at radius 1 is 1.09 bits per heavy atom. The smallest absolute Gasteiger partial charge is 0.255 e. The lowest BCUT2D eigenvalue weighted by Crippen LogP contribution is -2.65. The monoisotopic (exact) mass is 653 g/mol. The van der Waals surface area contributed by atoms with Gasteiger partial charge < -0.3 is 41.3 Å². The summed E-state index contributed by atoms with van der Waals surface area (Å²) in [4.78, 5) is 58.8. The molecule has 4 atom stereocenters. The summed E-state index contributed by atoms with van der Waals surface area (Å²) in [5, 5.41) is 49.1. The van der Waals surface area contributed by atoms with E-state index in [9.17, 15) is 39.6 Å². The normalized spacial score (nSPS) is 27.0. The fraction of sp³-hybridized carbons (Fsp3) is 0.588. The third-order valence-corrected chi connectivity index (χ3v) is 10.1. The van der Waals surface area contributed by atoms with Gasteiger partial charge in [0.05, 0.1) is 17.3 Å². The molecule has 47 heavy (non-hydrogen) atoms. The number of aliphatic hydroxyl groups is 3. The van der Waals surface area contributed by atoms with Crippen molar-refractivity contribution in [3.8, 4) is 5.75 Å². The molecule has 1 saturated carbocycles. The van der Waals surface area contributed by atoms with E-state index in [1.165, 1.54) is 4.90 Å². The summed E-state index contributed by atoms with van der Waals surface area (Å²) < 4.78 is 0. The minimum atomic E-state index is -2.72. The van der Waals surface area contributed by atoms with E-state index in [0.29, 0.717) is 24.1 Å². The summed E-state index contributed by atoms with van der Waals surface area (Å²) in [6.45, 7) is 8.99. The van der Waals surface area contributed by atoms with Crippen LogP contribution in [0.5, 0.6) is 5.75 Å². The van der Waals surface area contributed by atoms with Gasteiger partial charge in [0.1, 0.15) is 22.8 Å². The van der Waals surface area contributed by atoms with Crippen molar-refractivity contribution in [3.05, 3.63) is 34.1 Å². The summed E-state index contributed by atoms with van der Waals surface area (Å²) in [6.07, 6.45) is 1.45. The zero-order chi connectivity index (χ0) is 34.9. The first-order valence-electron chi connectivity index (χ1n) is 16.0. The Morgan fingerprint density at radius 2 is 1.70 bits per heavy atom. The summed E-state index contributed by atoms with van der Waals surface area (Å²) in [5.41, 5.74) is 2.83. The molecule has 2 fully saturated rings. The number of phenolic OH excluding ortho intramolecular Hbond substituents is 1. The molecule has 7 N–H and O–H groups in total. The number of hydrogen-bond acceptors (Lipinski definition) is 11. The maximum Gasteiger partial charge on any atom is 0.255 e. The highest BCUT2D eigenvalue weighted by Crippen LogP contribution is 2.54. The minimum absolute atomic E-state index is 0.00814. The van der Waals surface area contributed by atoms with Crippen molar-refractivity contribution in [3.63, 3.8) is 0 Å². The SMILES string of the molecule is CN(C)c1cc(NC(=O)C2CCN(CC(C)(C)C)CC2)c(O)c2c1C[C@H]1C[C@H]3[C@H](N(C)C)C(=O)C(C(N)=O)=C(O)[C@@]3(O)C(=O)C1=C2O. The van der Waals surface area contributed by atoms with Crippen molar-refractivity contribution in [1.29, 1.82) is 0 Å². The van der Waals surface area contributed by atoms with E-state index in [0.717, 1.165) is 19.6 Å². The van der Waals surface area contributed by atoms with Crippen LogP contribution < -0.4 is 16.0 Å². The van der Waals surface area contributed by atoms with Crippen LogP contribution in [-0.2, 0) is 25.6 Å². The number of nitrogens with zero attached hydrogens (tertiary/aromatic N) is 3. The number of phenols is 1. The zero-order valence-corrected chi connectivity index (χ0v) is 28.2. The molecule has 0 unspecified atom stereocenters. The zero-order valence-electron chi connectivity index (χ0n) is 28.2. The molecule has 0 spiro atoms. The largest absolute Gasteiger partial charge is 0.508 e. The van der Waals surface area contributed by atoms with Crippen molar-refractivity contribution in [2.75, 3.05) is 58.0 Å². The number of benzene rings is 1. The van der Waals surface area contributed by atoms with Crippen LogP contribution in [0.2, 0.25) is 0 Å². The van der Waals surface area contributed by atoms with Gasteiger partial charge in [0.25, 0.3) is 5.91 Å². The van der Waals surface area contributed by atoms with E-state index in [-0.39, 0.29) is 46.9 Å². The van der Waals surface area contributed by atoms with Crippen molar-refractivity contribution >= 4 is 40.5 Å². The van der Waals surface area contributed by atoms with Crippen LogP contribution in [0.15, 0.2) is 23.0 Å². The Kier molecular flexibility index (Phi) is 8.74. The van der Waals surface area contributed by atoms with Gasteiger partial charge in [-0.3, -0.25) is 24.1 Å². The molecule has 13 nitrogen and oxygen atoms in total. The number of nitrogens with one attached hydrogen (secondary N) is 1. The van der Waals surface area contributed by atoms with Crippen LogP contribution in [-0.4, -0.2) is 113 Å². The molecule has 13 heteroatoms. The van der Waals surface area contributed by atoms with Gasteiger partial charge >= 0.3 is 0 Å². The van der Waals surface area contributed by atoms with Crippen LogP contribution in [0.1, 0.15) is 51.2 Å². The van der Waals surface area contributed by atoms with E-state index in [1.807, 2.05) is 0 Å². The Hall–Kier alpha value is -3.94. The van der Waals surface area contributed by atoms with Crippen LogP contribution in [0.25, 0.3) is 5.76 Å². The number of fused-ring (bicyclic) bond motifs is 3. The number of nitrogens with two attached hydrogens (primary N) is 1. The highest BCUT2D eigenvalue weighted by atomic mass is 16.3. The first kappa shape index (κ1) is 34.4. The van der Waals surface area contributed by atoms with Gasteiger partial charge in [-0.05, 0) is 75.8 Å². The highest BCUT2D eigenvalue weighted by Gasteiger charge is 2.64. The lowest BCUT2D eigenvalue weighted by atomic mass is 9.57. The lowest BCUT2D eigenvalue weighted by molar-refractivity contribution is -0.153. The second-order valence-electron chi connectivity index (χ2n) is 15.1. The van der Waals surface area contributed by atoms with Crippen LogP contribution in [0, 0.1) is 23.2 Å². The fourth-order valence-corrected chi connectivity index (χ4v) is 8.05. The van der Waals surface area contributed by atoms with Gasteiger partial charge in [-0.15, -0.1) is 0 Å². The average Bonchev–Trinajstić information content (AvgIpc) is 2.95. The standard InChI is InChI=1S/C34H47N5O8/c1-33(2,3)15-39-10-8-16(9-11-39)32(46)36-20-14-21(37(4)5)18-12-17-13-19-25(38(6)7)28(42)24(31(35)45)30(44)34(19,47)29(43)22(17)27(41)23(18)26(20)40/h14,16-17,19,25,40-41,44,47H,8-13,15H2,1-7H3,(H2,35,45)(H,36,46)/t17-,19-,25-,34-/m0/s1. The van der Waals surface area contributed by atoms with Crippen LogP contribution in [0.4, 0.5) is 11.4 Å². The Balaban J connectivity index is 1.54. The summed E-state index contributed by atoms with van der Waals surface area (Å²) in [6, 6.07) is 0.479. The molecule has 1 aliphatic heterocycles. The Bertz CT molecular complexity index is 1600. The molecule has 4 aliphatic rings. The third-order valence-electron chi connectivity index (χ3n) is 10.1. The molecule has 5 rings (SSSR count). The van der Waals surface area contributed by atoms with Crippen molar-refractivity contribution in [2.45, 2.75) is 58.1 Å². The molecule has 0 aromatic heterocycles. The van der Waals surface area contributed by atoms with E-state index >= 15 is 0 Å². The third kappa shape index (κ3) is 5.67. The fourth-order valence-electron chi connectivity index (χ4n) is 8.05. The van der Waals surface area contributed by atoms with Gasteiger partial charge in [0, 0.05) is 43.7 Å². The summed E-state index contributed by atoms with van der Waals surface area (Å²) >= 11 is 0. The number of primary amides is 1. The number of anilines is 2.